The predicted octanol–water partition coefficient (Wildman–Crippen LogP) is 3.78. The number of ether oxygens (including phenoxy) is 1. The van der Waals surface area contributed by atoms with Crippen LogP contribution in [0.25, 0.3) is 11.3 Å². The summed E-state index contributed by atoms with van der Waals surface area (Å²) in [6.45, 7) is 0.591. The molecule has 1 aromatic heterocycles. The molecule has 1 N–H and O–H groups in total. The van der Waals surface area contributed by atoms with E-state index in [2.05, 4.69) is 10.5 Å². The number of rotatable bonds is 6. The van der Waals surface area contributed by atoms with E-state index < -0.39 is 0 Å². The Bertz CT molecular complexity index is 812. The lowest BCUT2D eigenvalue weighted by atomic mass is 10.1. The van der Waals surface area contributed by atoms with E-state index in [1.54, 1.807) is 13.2 Å². The van der Waals surface area contributed by atoms with Crippen molar-refractivity contribution in [3.8, 4) is 11.3 Å². The molecule has 0 saturated heterocycles. The van der Waals surface area contributed by atoms with Gasteiger partial charge in [-0.2, -0.15) is 0 Å². The molecule has 0 fully saturated rings. The number of amides is 1. The topological polar surface area (TPSA) is 64.4 Å². The molecule has 0 atom stereocenters. The van der Waals surface area contributed by atoms with Crippen LogP contribution in [0.2, 0.25) is 0 Å². The van der Waals surface area contributed by atoms with Gasteiger partial charge in [-0.15, -0.1) is 0 Å². The molecule has 5 nitrogen and oxygen atoms in total. The van der Waals surface area contributed by atoms with Gasteiger partial charge in [0.1, 0.15) is 5.69 Å². The Kier molecular flexibility index (Phi) is 5.03. The number of para-hydroxylation sites is 1. The summed E-state index contributed by atoms with van der Waals surface area (Å²) < 4.78 is 10.3. The lowest BCUT2D eigenvalue weighted by Gasteiger charge is -2.09. The lowest BCUT2D eigenvalue weighted by molar-refractivity contribution is 0.0988. The van der Waals surface area contributed by atoms with Crippen LogP contribution in [0, 0.1) is 0 Å². The highest BCUT2D eigenvalue weighted by atomic mass is 16.5. The third-order valence-electron chi connectivity index (χ3n) is 3.64. The maximum atomic E-state index is 12.4. The van der Waals surface area contributed by atoms with Crippen molar-refractivity contribution in [2.75, 3.05) is 19.0 Å². The molecular formula is C19H18N2O3. The van der Waals surface area contributed by atoms with Gasteiger partial charge < -0.3 is 14.6 Å². The zero-order valence-corrected chi connectivity index (χ0v) is 13.4. The summed E-state index contributed by atoms with van der Waals surface area (Å²) in [5, 5.41) is 6.84. The van der Waals surface area contributed by atoms with Gasteiger partial charge in [0.05, 0.1) is 6.61 Å². The summed E-state index contributed by atoms with van der Waals surface area (Å²) in [6, 6.07) is 18.9. The minimum Gasteiger partial charge on any atom is -0.384 e. The number of benzene rings is 2. The second kappa shape index (κ2) is 7.57. The number of nitrogens with one attached hydrogen (secondary N) is 1. The lowest BCUT2D eigenvalue weighted by Crippen LogP contribution is -2.13. The number of methoxy groups -OCH3 is 1. The van der Waals surface area contributed by atoms with Gasteiger partial charge in [0.2, 0.25) is 5.76 Å². The van der Waals surface area contributed by atoms with Crippen LogP contribution in [-0.4, -0.2) is 24.8 Å². The molecule has 0 unspecified atom stereocenters. The highest BCUT2D eigenvalue weighted by Crippen LogP contribution is 2.21. The molecule has 2 aromatic carbocycles. The van der Waals surface area contributed by atoms with Gasteiger partial charge in [0, 0.05) is 24.4 Å². The Hall–Kier alpha value is -2.92. The van der Waals surface area contributed by atoms with Crippen molar-refractivity contribution in [1.82, 2.24) is 5.16 Å². The number of nitrogens with zero attached hydrogens (tertiary/aromatic N) is 1. The normalized spacial score (nSPS) is 10.5. The average molecular weight is 322 g/mol. The molecule has 122 valence electrons. The number of anilines is 1. The summed E-state index contributed by atoms with van der Waals surface area (Å²) >= 11 is 0. The van der Waals surface area contributed by atoms with Crippen molar-refractivity contribution in [2.24, 2.45) is 0 Å². The minimum atomic E-state index is -0.324. The SMILES string of the molecule is COCCc1ccccc1NC(=O)c1cc(-c2ccccc2)no1. The van der Waals surface area contributed by atoms with E-state index in [-0.39, 0.29) is 11.7 Å². The molecule has 0 bridgehead atoms. The van der Waals surface area contributed by atoms with Crippen LogP contribution in [0.5, 0.6) is 0 Å². The van der Waals surface area contributed by atoms with Crippen molar-refractivity contribution in [3.05, 3.63) is 72.0 Å². The summed E-state index contributed by atoms with van der Waals surface area (Å²) in [5.74, 6) is -0.148. The Morgan fingerprint density at radius 1 is 1.12 bits per heavy atom. The second-order valence-electron chi connectivity index (χ2n) is 5.30. The van der Waals surface area contributed by atoms with Gasteiger partial charge in [-0.1, -0.05) is 53.7 Å². The molecule has 3 rings (SSSR count). The Balaban J connectivity index is 1.75. The fourth-order valence-electron chi connectivity index (χ4n) is 2.38. The molecule has 24 heavy (non-hydrogen) atoms. The molecule has 0 saturated carbocycles. The molecule has 3 aromatic rings. The average Bonchev–Trinajstić information content (AvgIpc) is 3.12. The summed E-state index contributed by atoms with van der Waals surface area (Å²) in [5.41, 5.74) is 3.29. The number of carbonyl (C=O) groups is 1. The van der Waals surface area contributed by atoms with Crippen LogP contribution in [0.4, 0.5) is 5.69 Å². The van der Waals surface area contributed by atoms with Crippen molar-refractivity contribution in [3.63, 3.8) is 0 Å². The van der Waals surface area contributed by atoms with Crippen LogP contribution in [0.3, 0.4) is 0 Å². The van der Waals surface area contributed by atoms with Crippen LogP contribution in [-0.2, 0) is 11.2 Å². The van der Waals surface area contributed by atoms with Gasteiger partial charge in [-0.05, 0) is 18.1 Å². The Labute approximate surface area is 140 Å². The van der Waals surface area contributed by atoms with Gasteiger partial charge >= 0.3 is 0 Å². The largest absolute Gasteiger partial charge is 0.384 e. The first-order chi connectivity index (χ1) is 11.8. The first kappa shape index (κ1) is 16.0. The van der Waals surface area contributed by atoms with Crippen LogP contribution < -0.4 is 5.32 Å². The molecule has 1 amide bonds. The molecule has 0 aliphatic heterocycles. The third kappa shape index (κ3) is 3.70. The van der Waals surface area contributed by atoms with Crippen molar-refractivity contribution in [1.29, 1.82) is 0 Å². The number of carbonyl (C=O) groups excluding carboxylic acids is 1. The quantitative estimate of drug-likeness (QED) is 0.750. The Morgan fingerprint density at radius 2 is 1.88 bits per heavy atom. The fraction of sp³-hybridized carbons (Fsp3) is 0.158. The van der Waals surface area contributed by atoms with E-state index in [1.165, 1.54) is 0 Å². The summed E-state index contributed by atoms with van der Waals surface area (Å²) in [7, 11) is 1.65. The van der Waals surface area contributed by atoms with Crippen molar-refractivity contribution < 1.29 is 14.1 Å². The van der Waals surface area contributed by atoms with Gasteiger partial charge in [-0.25, -0.2) is 0 Å². The van der Waals surface area contributed by atoms with Crippen molar-refractivity contribution in [2.45, 2.75) is 6.42 Å². The first-order valence-corrected chi connectivity index (χ1v) is 7.68. The zero-order valence-electron chi connectivity index (χ0n) is 13.4. The van der Waals surface area contributed by atoms with E-state index in [4.69, 9.17) is 9.26 Å². The van der Waals surface area contributed by atoms with E-state index in [0.29, 0.717) is 12.3 Å². The van der Waals surface area contributed by atoms with Crippen molar-refractivity contribution >= 4 is 11.6 Å². The van der Waals surface area contributed by atoms with E-state index in [9.17, 15) is 4.79 Å². The van der Waals surface area contributed by atoms with Gasteiger partial charge in [-0.3, -0.25) is 4.79 Å². The van der Waals surface area contributed by atoms with E-state index >= 15 is 0 Å². The molecule has 0 aliphatic rings. The number of aromatic nitrogens is 1. The standard InChI is InChI=1S/C19H18N2O3/c1-23-12-11-15-9-5-6-10-16(15)20-19(22)18-13-17(21-24-18)14-7-3-2-4-8-14/h2-10,13H,11-12H2,1H3,(H,20,22). The molecular weight excluding hydrogens is 304 g/mol. The van der Waals surface area contributed by atoms with Gasteiger partial charge in [0.15, 0.2) is 0 Å². The first-order valence-electron chi connectivity index (χ1n) is 7.68. The van der Waals surface area contributed by atoms with Crippen LogP contribution in [0.15, 0.2) is 65.2 Å². The highest BCUT2D eigenvalue weighted by molar-refractivity contribution is 6.03. The maximum Gasteiger partial charge on any atom is 0.294 e. The summed E-state index contributed by atoms with van der Waals surface area (Å²) in [6.07, 6.45) is 0.721. The van der Waals surface area contributed by atoms with Gasteiger partial charge in [0.25, 0.3) is 5.91 Å². The van der Waals surface area contributed by atoms with E-state index in [0.717, 1.165) is 23.2 Å². The minimum absolute atomic E-state index is 0.176. The molecule has 0 spiro atoms. The van der Waals surface area contributed by atoms with E-state index in [1.807, 2.05) is 54.6 Å². The molecule has 0 radical (unpaired) electrons. The smallest absolute Gasteiger partial charge is 0.294 e. The third-order valence-corrected chi connectivity index (χ3v) is 3.64. The molecule has 5 heteroatoms. The predicted molar refractivity (Wildman–Crippen MR) is 91.9 cm³/mol. The zero-order chi connectivity index (χ0) is 16.8. The number of hydrogen-bond donors (Lipinski definition) is 1. The fourth-order valence-corrected chi connectivity index (χ4v) is 2.38. The molecule has 0 aliphatic carbocycles. The van der Waals surface area contributed by atoms with Crippen LogP contribution >= 0.6 is 0 Å². The number of hydrogen-bond acceptors (Lipinski definition) is 4. The van der Waals surface area contributed by atoms with Crippen LogP contribution in [0.1, 0.15) is 16.1 Å². The summed E-state index contributed by atoms with van der Waals surface area (Å²) in [4.78, 5) is 12.4. The molecule has 1 heterocycles. The monoisotopic (exact) mass is 322 g/mol. The Morgan fingerprint density at radius 3 is 2.67 bits per heavy atom. The maximum absolute atomic E-state index is 12.4. The highest BCUT2D eigenvalue weighted by Gasteiger charge is 2.15. The second-order valence-corrected chi connectivity index (χ2v) is 5.30.